The van der Waals surface area contributed by atoms with Crippen LogP contribution in [0.3, 0.4) is 0 Å². The normalized spacial score (nSPS) is 11.4. The Kier molecular flexibility index (Phi) is 15.2. The molecule has 0 saturated heterocycles. The van der Waals surface area contributed by atoms with Crippen molar-refractivity contribution in [2.75, 3.05) is 11.5 Å². The predicted octanol–water partition coefficient (Wildman–Crippen LogP) is 5.83. The minimum atomic E-state index is 1.28. The summed E-state index contributed by atoms with van der Waals surface area (Å²) in [5, 5.41) is 0. The fourth-order valence-electron chi connectivity index (χ4n) is 1.76. The highest BCUT2D eigenvalue weighted by atomic mass is 32.2. The maximum atomic E-state index is 2.28. The van der Waals surface area contributed by atoms with Crippen LogP contribution in [0, 0.1) is 0 Å². The molecule has 0 aromatic heterocycles. The van der Waals surface area contributed by atoms with E-state index in [2.05, 4.69) is 37.8 Å². The van der Waals surface area contributed by atoms with Gasteiger partial charge in [-0.05, 0) is 44.1 Å². The molecular weight excluding hydrogens is 212 g/mol. The number of unbranched alkanes of at least 4 members (excludes halogenated alkanes) is 7. The van der Waals surface area contributed by atoms with Crippen LogP contribution in [0.15, 0.2) is 12.2 Å². The maximum Gasteiger partial charge on any atom is -0.00675 e. The van der Waals surface area contributed by atoms with E-state index in [9.17, 15) is 0 Å². The molecule has 0 spiro atoms. The van der Waals surface area contributed by atoms with Gasteiger partial charge in [0.05, 0.1) is 0 Å². The van der Waals surface area contributed by atoms with Crippen LogP contribution in [0.2, 0.25) is 0 Å². The third kappa shape index (κ3) is 14.1. The van der Waals surface area contributed by atoms with Gasteiger partial charge < -0.3 is 0 Å². The van der Waals surface area contributed by atoms with Gasteiger partial charge in [-0.3, -0.25) is 0 Å². The summed E-state index contributed by atoms with van der Waals surface area (Å²) in [6, 6.07) is 0. The van der Waals surface area contributed by atoms with E-state index in [1.165, 1.54) is 69.3 Å². The molecule has 0 saturated carbocycles. The average molecular weight is 242 g/mol. The Labute approximate surface area is 107 Å². The number of thioether (sulfide) groups is 1. The Hall–Kier alpha value is 0.0900. The molecule has 0 atom stereocenters. The predicted molar refractivity (Wildman–Crippen MR) is 79.4 cm³/mol. The Balaban J connectivity index is 2.88. The first-order chi connectivity index (χ1) is 7.91. The third-order valence-corrected chi connectivity index (χ3v) is 4.02. The van der Waals surface area contributed by atoms with E-state index >= 15 is 0 Å². The lowest BCUT2D eigenvalue weighted by Crippen LogP contribution is -1.84. The molecule has 0 bridgehead atoms. The van der Waals surface area contributed by atoms with E-state index in [1.54, 1.807) is 0 Å². The lowest BCUT2D eigenvalue weighted by atomic mass is 10.1. The van der Waals surface area contributed by atoms with E-state index in [1.807, 2.05) is 0 Å². The second kappa shape index (κ2) is 15.1. The zero-order chi connectivity index (χ0) is 11.9. The number of hydrogen-bond acceptors (Lipinski definition) is 1. The van der Waals surface area contributed by atoms with Gasteiger partial charge in [-0.15, -0.1) is 0 Å². The second-order valence-corrected chi connectivity index (χ2v) is 5.67. The van der Waals surface area contributed by atoms with Crippen LogP contribution in [-0.2, 0) is 0 Å². The molecule has 0 amide bonds. The summed E-state index contributed by atoms with van der Waals surface area (Å²) in [6.45, 7) is 4.37. The van der Waals surface area contributed by atoms with Crippen molar-refractivity contribution in [1.29, 1.82) is 0 Å². The molecule has 0 aromatic carbocycles. The first kappa shape index (κ1) is 16.1. The van der Waals surface area contributed by atoms with Crippen molar-refractivity contribution < 1.29 is 0 Å². The minimum Gasteiger partial charge on any atom is -0.162 e. The van der Waals surface area contributed by atoms with Gasteiger partial charge in [0.2, 0.25) is 0 Å². The van der Waals surface area contributed by atoms with Gasteiger partial charge in [-0.25, -0.2) is 0 Å². The van der Waals surface area contributed by atoms with Crippen molar-refractivity contribution in [3.8, 4) is 0 Å². The van der Waals surface area contributed by atoms with E-state index in [0.717, 1.165) is 0 Å². The van der Waals surface area contributed by atoms with Crippen LogP contribution in [-0.4, -0.2) is 11.5 Å². The highest BCUT2D eigenvalue weighted by Crippen LogP contribution is 2.11. The van der Waals surface area contributed by atoms with Crippen molar-refractivity contribution in [2.24, 2.45) is 0 Å². The first-order valence-corrected chi connectivity index (χ1v) is 8.26. The molecule has 16 heavy (non-hydrogen) atoms. The Morgan fingerprint density at radius 1 is 0.812 bits per heavy atom. The van der Waals surface area contributed by atoms with Crippen LogP contribution in [0.1, 0.15) is 71.6 Å². The van der Waals surface area contributed by atoms with E-state index < -0.39 is 0 Å². The van der Waals surface area contributed by atoms with Gasteiger partial charge in [-0.1, -0.05) is 51.2 Å². The topological polar surface area (TPSA) is 0 Å². The van der Waals surface area contributed by atoms with Crippen LogP contribution < -0.4 is 0 Å². The van der Waals surface area contributed by atoms with Gasteiger partial charge in [0.25, 0.3) is 0 Å². The summed E-state index contributed by atoms with van der Waals surface area (Å²) in [4.78, 5) is 0. The zero-order valence-corrected chi connectivity index (χ0v) is 12.2. The lowest BCUT2D eigenvalue weighted by molar-refractivity contribution is 0.593. The standard InChI is InChI=1S/C15H30S/c1-3-5-6-7-8-9-10-11-12-13-15-16-14-4-2/h3,5H,4,6-15H2,1-2H3. The SMILES string of the molecule is CC=CCCCCCCCCCSCCC. The van der Waals surface area contributed by atoms with Crippen molar-refractivity contribution >= 4 is 11.8 Å². The summed E-state index contributed by atoms with van der Waals surface area (Å²) in [5.74, 6) is 2.74. The van der Waals surface area contributed by atoms with Gasteiger partial charge >= 0.3 is 0 Å². The number of allylic oxidation sites excluding steroid dienone is 2. The molecule has 0 unspecified atom stereocenters. The molecule has 0 aliphatic heterocycles. The molecular formula is C15H30S. The highest BCUT2D eigenvalue weighted by molar-refractivity contribution is 7.99. The fraction of sp³-hybridized carbons (Fsp3) is 0.867. The lowest BCUT2D eigenvalue weighted by Gasteiger charge is -2.01. The summed E-state index contributed by atoms with van der Waals surface area (Å²) < 4.78 is 0. The number of rotatable bonds is 12. The van der Waals surface area contributed by atoms with Gasteiger partial charge in [-0.2, -0.15) is 11.8 Å². The third-order valence-electron chi connectivity index (χ3n) is 2.74. The van der Waals surface area contributed by atoms with Crippen molar-refractivity contribution in [3.05, 3.63) is 12.2 Å². The number of hydrogen-bond donors (Lipinski definition) is 0. The smallest absolute Gasteiger partial charge is 0.00675 e. The Morgan fingerprint density at radius 3 is 2.06 bits per heavy atom. The second-order valence-electron chi connectivity index (χ2n) is 4.44. The zero-order valence-electron chi connectivity index (χ0n) is 11.3. The molecule has 0 aliphatic rings. The molecule has 96 valence electrons. The minimum absolute atomic E-state index is 1.28. The Morgan fingerprint density at radius 2 is 1.44 bits per heavy atom. The van der Waals surface area contributed by atoms with E-state index in [0.29, 0.717) is 0 Å². The molecule has 0 aliphatic carbocycles. The van der Waals surface area contributed by atoms with Crippen LogP contribution in [0.4, 0.5) is 0 Å². The molecule has 1 heteroatoms. The fourth-order valence-corrected chi connectivity index (χ4v) is 2.66. The first-order valence-electron chi connectivity index (χ1n) is 7.10. The molecule has 0 nitrogen and oxygen atoms in total. The molecule has 0 N–H and O–H groups in total. The highest BCUT2D eigenvalue weighted by Gasteiger charge is 1.92. The average Bonchev–Trinajstić information content (AvgIpc) is 2.31. The molecule has 0 rings (SSSR count). The van der Waals surface area contributed by atoms with Crippen LogP contribution in [0.25, 0.3) is 0 Å². The molecule has 0 aromatic rings. The van der Waals surface area contributed by atoms with Crippen LogP contribution in [0.5, 0.6) is 0 Å². The van der Waals surface area contributed by atoms with E-state index in [4.69, 9.17) is 0 Å². The van der Waals surface area contributed by atoms with E-state index in [-0.39, 0.29) is 0 Å². The summed E-state index contributed by atoms with van der Waals surface area (Å²) in [5.41, 5.74) is 0. The van der Waals surface area contributed by atoms with Gasteiger partial charge in [0, 0.05) is 0 Å². The van der Waals surface area contributed by atoms with Crippen molar-refractivity contribution in [3.63, 3.8) is 0 Å². The summed E-state index contributed by atoms with van der Waals surface area (Å²) in [6.07, 6.45) is 17.1. The van der Waals surface area contributed by atoms with Crippen molar-refractivity contribution in [2.45, 2.75) is 71.6 Å². The molecule has 0 fully saturated rings. The summed E-state index contributed by atoms with van der Waals surface area (Å²) >= 11 is 2.12. The van der Waals surface area contributed by atoms with Crippen LogP contribution >= 0.6 is 11.8 Å². The summed E-state index contributed by atoms with van der Waals surface area (Å²) in [7, 11) is 0. The monoisotopic (exact) mass is 242 g/mol. The maximum absolute atomic E-state index is 2.28. The van der Waals surface area contributed by atoms with Gasteiger partial charge in [0.15, 0.2) is 0 Å². The largest absolute Gasteiger partial charge is 0.162 e. The van der Waals surface area contributed by atoms with Crippen molar-refractivity contribution in [1.82, 2.24) is 0 Å². The molecule has 0 heterocycles. The van der Waals surface area contributed by atoms with Gasteiger partial charge in [0.1, 0.15) is 0 Å². The quantitative estimate of drug-likeness (QED) is 0.306. The molecule has 0 radical (unpaired) electrons. The Bertz CT molecular complexity index is 140.